The topological polar surface area (TPSA) is 104 Å². The third-order valence-corrected chi connectivity index (χ3v) is 6.84. The number of urea groups is 1. The van der Waals surface area contributed by atoms with Crippen LogP contribution in [0.15, 0.2) is 60.8 Å². The second kappa shape index (κ2) is 12.1. The maximum absolute atomic E-state index is 14.1. The number of benzene rings is 2. The number of amides is 3. The second-order valence-electron chi connectivity index (χ2n) is 9.72. The van der Waals surface area contributed by atoms with Crippen LogP contribution in [0.4, 0.5) is 14.9 Å². The van der Waals surface area contributed by atoms with Crippen molar-refractivity contribution in [2.24, 2.45) is 5.92 Å². The van der Waals surface area contributed by atoms with Crippen LogP contribution in [0, 0.1) is 11.7 Å². The average molecular weight is 537 g/mol. The summed E-state index contributed by atoms with van der Waals surface area (Å²) in [5.74, 6) is -0.254. The average Bonchev–Trinajstić information content (AvgIpc) is 2.95. The summed E-state index contributed by atoms with van der Waals surface area (Å²) in [5, 5.41) is 12.5. The molecule has 0 radical (unpaired) electrons. The highest BCUT2D eigenvalue weighted by Crippen LogP contribution is 2.31. The van der Waals surface area contributed by atoms with E-state index in [0.29, 0.717) is 11.3 Å². The van der Waals surface area contributed by atoms with E-state index in [1.165, 1.54) is 17.0 Å². The number of aliphatic hydroxyl groups is 1. The van der Waals surface area contributed by atoms with Gasteiger partial charge in [0.15, 0.2) is 0 Å². The summed E-state index contributed by atoms with van der Waals surface area (Å²) < 4.78 is 25.7. The van der Waals surface area contributed by atoms with Crippen LogP contribution in [0.2, 0.25) is 0 Å². The van der Waals surface area contributed by atoms with Crippen molar-refractivity contribution in [2.45, 2.75) is 26.0 Å². The summed E-state index contributed by atoms with van der Waals surface area (Å²) in [6, 6.07) is 14.1. The van der Waals surface area contributed by atoms with Gasteiger partial charge in [0.25, 0.3) is 5.91 Å². The monoisotopic (exact) mass is 536 g/mol. The Morgan fingerprint density at radius 2 is 2.03 bits per heavy atom. The van der Waals surface area contributed by atoms with E-state index in [1.807, 2.05) is 31.2 Å². The lowest BCUT2D eigenvalue weighted by molar-refractivity contribution is 0.0356. The van der Waals surface area contributed by atoms with Crippen LogP contribution in [0.25, 0.3) is 11.1 Å². The van der Waals surface area contributed by atoms with E-state index in [1.54, 1.807) is 50.4 Å². The predicted octanol–water partition coefficient (Wildman–Crippen LogP) is 4.28. The van der Waals surface area contributed by atoms with E-state index in [9.17, 15) is 19.1 Å². The molecule has 2 N–H and O–H groups in total. The predicted molar refractivity (Wildman–Crippen MR) is 145 cm³/mol. The molecule has 2 aromatic carbocycles. The number of aromatic nitrogens is 1. The summed E-state index contributed by atoms with van der Waals surface area (Å²) in [4.78, 5) is 34.0. The molecule has 1 aliphatic rings. The Bertz CT molecular complexity index is 1340. The van der Waals surface area contributed by atoms with Gasteiger partial charge >= 0.3 is 6.03 Å². The maximum Gasteiger partial charge on any atom is 0.321 e. The molecule has 4 rings (SSSR count). The first-order valence-corrected chi connectivity index (χ1v) is 12.7. The number of pyridine rings is 1. The number of nitrogens with one attached hydrogen (secondary N) is 1. The molecule has 2 heterocycles. The van der Waals surface area contributed by atoms with Gasteiger partial charge in [0.1, 0.15) is 23.2 Å². The lowest BCUT2D eigenvalue weighted by Gasteiger charge is -2.37. The number of hydrogen-bond donors (Lipinski definition) is 2. The summed E-state index contributed by atoms with van der Waals surface area (Å²) in [5.41, 5.74) is 1.85. The van der Waals surface area contributed by atoms with Gasteiger partial charge in [-0.2, -0.15) is 0 Å². The van der Waals surface area contributed by atoms with Crippen molar-refractivity contribution in [3.05, 3.63) is 72.2 Å². The molecule has 0 fully saturated rings. The van der Waals surface area contributed by atoms with Crippen molar-refractivity contribution >= 4 is 17.6 Å². The fourth-order valence-electron chi connectivity index (χ4n) is 4.41. The molecule has 1 aliphatic heterocycles. The zero-order chi connectivity index (χ0) is 28.1. The Labute approximate surface area is 227 Å². The molecule has 3 aromatic rings. The first-order valence-electron chi connectivity index (χ1n) is 12.7. The minimum Gasteiger partial charge on any atom is -0.497 e. The highest BCUT2D eigenvalue weighted by molar-refractivity contribution is 5.98. The minimum atomic E-state index is -0.545. The zero-order valence-corrected chi connectivity index (χ0v) is 22.4. The van der Waals surface area contributed by atoms with Gasteiger partial charge in [0.2, 0.25) is 5.88 Å². The normalized spacial score (nSPS) is 17.8. The van der Waals surface area contributed by atoms with Crippen molar-refractivity contribution < 1.29 is 28.6 Å². The molecule has 39 heavy (non-hydrogen) atoms. The quantitative estimate of drug-likeness (QED) is 0.467. The number of carbonyl (C=O) groups excluding carboxylic acids is 2. The molecule has 3 atom stereocenters. The number of aliphatic hydroxyl groups excluding tert-OH is 1. The molecular formula is C29H33FN4O5. The van der Waals surface area contributed by atoms with Crippen molar-refractivity contribution in [2.75, 3.05) is 39.2 Å². The van der Waals surface area contributed by atoms with Crippen LogP contribution in [0.3, 0.4) is 0 Å². The summed E-state index contributed by atoms with van der Waals surface area (Å²) in [6.07, 6.45) is 1.08. The van der Waals surface area contributed by atoms with Crippen LogP contribution < -0.4 is 14.8 Å². The third-order valence-electron chi connectivity index (χ3n) is 6.84. The van der Waals surface area contributed by atoms with Crippen molar-refractivity contribution in [1.29, 1.82) is 0 Å². The second-order valence-corrected chi connectivity index (χ2v) is 9.72. The number of fused-ring (bicyclic) bond motifs is 1. The minimum absolute atomic E-state index is 0.0756. The molecule has 0 spiro atoms. The highest BCUT2D eigenvalue weighted by atomic mass is 19.1. The van der Waals surface area contributed by atoms with E-state index >= 15 is 0 Å². The number of para-hydroxylation sites is 1. The Kier molecular flexibility index (Phi) is 8.65. The molecule has 0 unspecified atom stereocenters. The van der Waals surface area contributed by atoms with Crippen molar-refractivity contribution in [1.82, 2.24) is 14.8 Å². The van der Waals surface area contributed by atoms with Gasteiger partial charge in [-0.3, -0.25) is 4.79 Å². The van der Waals surface area contributed by atoms with E-state index in [4.69, 9.17) is 9.47 Å². The van der Waals surface area contributed by atoms with E-state index in [2.05, 4.69) is 10.3 Å². The van der Waals surface area contributed by atoms with Gasteiger partial charge in [0, 0.05) is 31.3 Å². The summed E-state index contributed by atoms with van der Waals surface area (Å²) >= 11 is 0. The molecule has 3 amide bonds. The number of ether oxygens (including phenoxy) is 2. The van der Waals surface area contributed by atoms with E-state index < -0.39 is 24.0 Å². The molecule has 0 saturated carbocycles. The van der Waals surface area contributed by atoms with Gasteiger partial charge in [-0.05, 0) is 42.8 Å². The third kappa shape index (κ3) is 6.28. The molecule has 206 valence electrons. The lowest BCUT2D eigenvalue weighted by Crippen LogP contribution is -2.50. The fourth-order valence-corrected chi connectivity index (χ4v) is 4.41. The molecule has 0 aliphatic carbocycles. The van der Waals surface area contributed by atoms with Crippen LogP contribution in [-0.2, 0) is 0 Å². The molecule has 0 bridgehead atoms. The number of anilines is 1. The summed E-state index contributed by atoms with van der Waals surface area (Å²) in [6.45, 7) is 3.90. The number of rotatable bonds is 7. The van der Waals surface area contributed by atoms with E-state index in [-0.39, 0.29) is 48.7 Å². The van der Waals surface area contributed by atoms with Gasteiger partial charge < -0.3 is 29.7 Å². The Balaban J connectivity index is 1.64. The number of likely N-dealkylation sites (N-methyl/N-ethyl adjacent to an activating group) is 1. The van der Waals surface area contributed by atoms with Crippen LogP contribution in [0.1, 0.15) is 24.2 Å². The maximum atomic E-state index is 14.1. The number of halogens is 1. The number of nitrogens with zero attached hydrogens (tertiary/aromatic N) is 3. The van der Waals surface area contributed by atoms with Gasteiger partial charge in [0.05, 0.1) is 32.0 Å². The fraction of sp³-hybridized carbons (Fsp3) is 0.345. The molecule has 0 saturated heterocycles. The highest BCUT2D eigenvalue weighted by Gasteiger charge is 2.35. The smallest absolute Gasteiger partial charge is 0.321 e. The number of hydrogen-bond acceptors (Lipinski definition) is 6. The molecular weight excluding hydrogens is 503 g/mol. The Morgan fingerprint density at radius 1 is 1.26 bits per heavy atom. The van der Waals surface area contributed by atoms with Crippen molar-refractivity contribution in [3.63, 3.8) is 0 Å². The SMILES string of the molecule is COc1cccc(-c2cnc3c(c2)C(=O)N([C@H](C)CO)C[C@@H](C)[C@@H](CN(C)C(=O)Nc2ccccc2F)O3)c1. The number of carbonyl (C=O) groups is 2. The largest absolute Gasteiger partial charge is 0.497 e. The van der Waals surface area contributed by atoms with Crippen LogP contribution >= 0.6 is 0 Å². The molecule has 1 aromatic heterocycles. The molecule has 10 heteroatoms. The van der Waals surface area contributed by atoms with Crippen molar-refractivity contribution in [3.8, 4) is 22.8 Å². The zero-order valence-electron chi connectivity index (χ0n) is 22.4. The molecule has 9 nitrogen and oxygen atoms in total. The lowest BCUT2D eigenvalue weighted by atomic mass is 9.99. The Morgan fingerprint density at radius 3 is 2.74 bits per heavy atom. The Hall–Kier alpha value is -4.18. The van der Waals surface area contributed by atoms with Crippen LogP contribution in [0.5, 0.6) is 11.6 Å². The van der Waals surface area contributed by atoms with Gasteiger partial charge in [-0.25, -0.2) is 14.2 Å². The van der Waals surface area contributed by atoms with Gasteiger partial charge in [-0.15, -0.1) is 0 Å². The summed E-state index contributed by atoms with van der Waals surface area (Å²) in [7, 11) is 3.17. The van der Waals surface area contributed by atoms with Gasteiger partial charge in [-0.1, -0.05) is 31.2 Å². The first-order chi connectivity index (χ1) is 18.7. The van der Waals surface area contributed by atoms with Crippen LogP contribution in [-0.4, -0.2) is 77.8 Å². The first kappa shape index (κ1) is 27.8. The number of methoxy groups -OCH3 is 1. The standard InChI is InChI=1S/C29H33FN4O5/c1-18-15-34(19(2)17-35)28(36)23-13-21(20-8-7-9-22(12-20)38-4)14-31-27(23)39-26(18)16-33(3)29(37)32-25-11-6-5-10-24(25)30/h5-14,18-19,26,35H,15-17H2,1-4H3,(H,32,37)/t18-,19-,26-/m1/s1. The van der Waals surface area contributed by atoms with E-state index in [0.717, 1.165) is 5.56 Å².